The van der Waals surface area contributed by atoms with Gasteiger partial charge in [-0.15, -0.1) is 11.3 Å². The molecular formula is C23H19N3O4S. The van der Waals surface area contributed by atoms with Crippen molar-refractivity contribution in [2.75, 3.05) is 13.7 Å². The Hall–Kier alpha value is -3.78. The van der Waals surface area contributed by atoms with Gasteiger partial charge < -0.3 is 9.64 Å². The first kappa shape index (κ1) is 20.5. The topological polar surface area (TPSA) is 81.5 Å². The van der Waals surface area contributed by atoms with Gasteiger partial charge in [-0.3, -0.25) is 9.59 Å². The summed E-state index contributed by atoms with van der Waals surface area (Å²) in [5.41, 5.74) is 0.164. The number of benzene rings is 2. The summed E-state index contributed by atoms with van der Waals surface area (Å²) in [6.07, 6.45) is 0. The van der Waals surface area contributed by atoms with Crippen LogP contribution in [0.3, 0.4) is 0 Å². The van der Waals surface area contributed by atoms with E-state index in [1.54, 1.807) is 66.9 Å². The van der Waals surface area contributed by atoms with Gasteiger partial charge in [-0.25, -0.2) is 4.79 Å². The van der Waals surface area contributed by atoms with E-state index in [9.17, 15) is 14.4 Å². The van der Waals surface area contributed by atoms with Crippen LogP contribution in [0.1, 0.15) is 15.4 Å². The van der Waals surface area contributed by atoms with E-state index in [2.05, 4.69) is 5.10 Å². The highest BCUT2D eigenvalue weighted by Crippen LogP contribution is 2.16. The molecule has 2 aromatic carbocycles. The lowest BCUT2D eigenvalue weighted by atomic mass is 10.1. The van der Waals surface area contributed by atoms with Crippen LogP contribution in [0.4, 0.5) is 0 Å². The summed E-state index contributed by atoms with van der Waals surface area (Å²) in [7, 11) is 1.65. The van der Waals surface area contributed by atoms with E-state index in [1.807, 2.05) is 23.6 Å². The first-order valence-corrected chi connectivity index (χ1v) is 10.4. The normalized spacial score (nSPS) is 10.7. The van der Waals surface area contributed by atoms with E-state index in [0.29, 0.717) is 23.0 Å². The maximum absolute atomic E-state index is 12.9. The van der Waals surface area contributed by atoms with Gasteiger partial charge in [-0.1, -0.05) is 42.5 Å². The predicted octanol–water partition coefficient (Wildman–Crippen LogP) is 3.26. The molecule has 0 aliphatic heterocycles. The van der Waals surface area contributed by atoms with Gasteiger partial charge in [0.05, 0.1) is 17.6 Å². The van der Waals surface area contributed by atoms with Crippen molar-refractivity contribution in [3.8, 4) is 5.69 Å². The molecule has 156 valence electrons. The predicted molar refractivity (Wildman–Crippen MR) is 118 cm³/mol. The molecule has 2 heterocycles. The molecule has 1 amide bonds. The van der Waals surface area contributed by atoms with Gasteiger partial charge in [0.1, 0.15) is 0 Å². The van der Waals surface area contributed by atoms with Crippen LogP contribution in [-0.2, 0) is 16.1 Å². The molecule has 0 atom stereocenters. The zero-order chi connectivity index (χ0) is 21.8. The average molecular weight is 433 g/mol. The quantitative estimate of drug-likeness (QED) is 0.436. The number of hydrogen-bond acceptors (Lipinski definition) is 6. The van der Waals surface area contributed by atoms with E-state index < -0.39 is 12.6 Å². The molecule has 0 bridgehead atoms. The van der Waals surface area contributed by atoms with E-state index >= 15 is 0 Å². The number of likely N-dealkylation sites (N-methyl/N-ethyl adjacent to an activating group) is 1. The molecule has 0 aliphatic rings. The van der Waals surface area contributed by atoms with Gasteiger partial charge >= 0.3 is 5.97 Å². The molecule has 4 rings (SSSR count). The van der Waals surface area contributed by atoms with Gasteiger partial charge in [0, 0.05) is 17.3 Å². The molecule has 7 nitrogen and oxygen atoms in total. The Balaban J connectivity index is 1.59. The number of fused-ring (bicyclic) bond motifs is 1. The molecule has 0 unspecified atom stereocenters. The Morgan fingerprint density at radius 2 is 1.71 bits per heavy atom. The molecular weight excluding hydrogens is 414 g/mol. The van der Waals surface area contributed by atoms with E-state index in [1.165, 1.54) is 9.58 Å². The Labute approximate surface area is 182 Å². The van der Waals surface area contributed by atoms with Crippen molar-refractivity contribution in [1.29, 1.82) is 0 Å². The fourth-order valence-corrected chi connectivity index (χ4v) is 3.87. The molecule has 0 N–H and O–H groups in total. The standard InChI is InChI=1S/C23H19N3O4S/c1-25(14-17-10-7-13-31-17)20(27)15-30-23(29)21-18-11-5-6-12-19(18)22(28)26(24-21)16-8-3-2-4-9-16/h2-13H,14-15H2,1H3. The van der Waals surface area contributed by atoms with Crippen LogP contribution in [0, 0.1) is 0 Å². The summed E-state index contributed by atoms with van der Waals surface area (Å²) < 4.78 is 6.43. The van der Waals surface area contributed by atoms with Crippen LogP contribution in [0.25, 0.3) is 16.5 Å². The molecule has 4 aromatic rings. The highest BCUT2D eigenvalue weighted by atomic mass is 32.1. The molecule has 2 aromatic heterocycles. The van der Waals surface area contributed by atoms with Crippen molar-refractivity contribution < 1.29 is 14.3 Å². The second-order valence-corrected chi connectivity index (χ2v) is 7.88. The Kier molecular flexibility index (Phi) is 5.90. The van der Waals surface area contributed by atoms with Crippen molar-refractivity contribution in [1.82, 2.24) is 14.7 Å². The summed E-state index contributed by atoms with van der Waals surface area (Å²) in [6, 6.07) is 19.4. The van der Waals surface area contributed by atoms with Crippen LogP contribution in [0.15, 0.2) is 76.9 Å². The fraction of sp³-hybridized carbons (Fsp3) is 0.130. The molecule has 0 saturated carbocycles. The average Bonchev–Trinajstić information content (AvgIpc) is 3.31. The molecule has 0 aliphatic carbocycles. The Morgan fingerprint density at radius 1 is 1.00 bits per heavy atom. The molecule has 31 heavy (non-hydrogen) atoms. The lowest BCUT2D eigenvalue weighted by Crippen LogP contribution is -2.31. The van der Waals surface area contributed by atoms with Crippen LogP contribution in [0.2, 0.25) is 0 Å². The lowest BCUT2D eigenvalue weighted by molar-refractivity contribution is -0.133. The number of aromatic nitrogens is 2. The monoisotopic (exact) mass is 433 g/mol. The maximum Gasteiger partial charge on any atom is 0.359 e. The number of amides is 1. The second kappa shape index (κ2) is 8.93. The number of ether oxygens (including phenoxy) is 1. The number of esters is 1. The Bertz CT molecular complexity index is 1280. The molecule has 8 heteroatoms. The van der Waals surface area contributed by atoms with Gasteiger partial charge in [0.25, 0.3) is 11.5 Å². The summed E-state index contributed by atoms with van der Waals surface area (Å²) in [6.45, 7) is 0.0231. The fourth-order valence-electron chi connectivity index (χ4n) is 3.11. The lowest BCUT2D eigenvalue weighted by Gasteiger charge is -2.16. The van der Waals surface area contributed by atoms with Crippen LogP contribution in [0.5, 0.6) is 0 Å². The van der Waals surface area contributed by atoms with E-state index in [4.69, 9.17) is 4.74 Å². The van der Waals surface area contributed by atoms with Crippen molar-refractivity contribution in [2.24, 2.45) is 0 Å². The largest absolute Gasteiger partial charge is 0.451 e. The van der Waals surface area contributed by atoms with Crippen LogP contribution < -0.4 is 5.56 Å². The number of nitrogens with zero attached hydrogens (tertiary/aromatic N) is 3. The van der Waals surface area contributed by atoms with Crippen molar-refractivity contribution in [3.05, 3.63) is 93.0 Å². The second-order valence-electron chi connectivity index (χ2n) is 6.85. The van der Waals surface area contributed by atoms with Crippen LogP contribution in [-0.4, -0.2) is 40.2 Å². The number of carbonyl (C=O) groups is 2. The minimum Gasteiger partial charge on any atom is -0.451 e. The molecule has 0 radical (unpaired) electrons. The summed E-state index contributed by atoms with van der Waals surface area (Å²) in [5, 5.41) is 6.92. The third kappa shape index (κ3) is 4.39. The SMILES string of the molecule is CN(Cc1cccs1)C(=O)COC(=O)c1nn(-c2ccccc2)c(=O)c2ccccc12. The van der Waals surface area contributed by atoms with Gasteiger partial charge in [-0.2, -0.15) is 9.78 Å². The Morgan fingerprint density at radius 3 is 2.42 bits per heavy atom. The minimum atomic E-state index is -0.765. The highest BCUT2D eigenvalue weighted by molar-refractivity contribution is 7.09. The summed E-state index contributed by atoms with van der Waals surface area (Å²) >= 11 is 1.55. The van der Waals surface area contributed by atoms with E-state index in [-0.39, 0.29) is 17.2 Å². The number of hydrogen-bond donors (Lipinski definition) is 0. The van der Waals surface area contributed by atoms with Gasteiger partial charge in [-0.05, 0) is 29.6 Å². The molecule has 0 saturated heterocycles. The van der Waals surface area contributed by atoms with E-state index in [0.717, 1.165) is 4.88 Å². The highest BCUT2D eigenvalue weighted by Gasteiger charge is 2.20. The smallest absolute Gasteiger partial charge is 0.359 e. The third-order valence-electron chi connectivity index (χ3n) is 4.72. The maximum atomic E-state index is 12.9. The summed E-state index contributed by atoms with van der Waals surface area (Å²) in [4.78, 5) is 40.6. The van der Waals surface area contributed by atoms with Crippen molar-refractivity contribution >= 4 is 34.0 Å². The summed E-state index contributed by atoms with van der Waals surface area (Å²) in [5.74, 6) is -1.10. The van der Waals surface area contributed by atoms with Crippen molar-refractivity contribution in [3.63, 3.8) is 0 Å². The third-order valence-corrected chi connectivity index (χ3v) is 5.59. The number of rotatable bonds is 6. The first-order chi connectivity index (χ1) is 15.0. The zero-order valence-electron chi connectivity index (χ0n) is 16.7. The zero-order valence-corrected chi connectivity index (χ0v) is 17.5. The van der Waals surface area contributed by atoms with Gasteiger partial charge in [0.2, 0.25) is 0 Å². The number of para-hydroxylation sites is 1. The first-order valence-electron chi connectivity index (χ1n) is 9.55. The van der Waals surface area contributed by atoms with Crippen LogP contribution >= 0.6 is 11.3 Å². The molecule has 0 fully saturated rings. The van der Waals surface area contributed by atoms with Gasteiger partial charge in [0.15, 0.2) is 12.3 Å². The molecule has 0 spiro atoms. The van der Waals surface area contributed by atoms with Crippen molar-refractivity contribution in [2.45, 2.75) is 6.54 Å². The number of thiophene rings is 1. The number of carbonyl (C=O) groups excluding carboxylic acids is 2. The minimum absolute atomic E-state index is 0.0206.